The molecule has 4 N–H and O–H groups in total. The zero-order chi connectivity index (χ0) is 15.9. The maximum absolute atomic E-state index is 11.2. The van der Waals surface area contributed by atoms with Gasteiger partial charge in [0.25, 0.3) is 0 Å². The van der Waals surface area contributed by atoms with Crippen LogP contribution in [0.5, 0.6) is 0 Å². The van der Waals surface area contributed by atoms with E-state index < -0.39 is 10.0 Å². The largest absolute Gasteiger partial charge is 0.358 e. The van der Waals surface area contributed by atoms with Gasteiger partial charge in [-0.1, -0.05) is 17.4 Å². The molecule has 0 unspecified atom stereocenters. The van der Waals surface area contributed by atoms with Crippen molar-refractivity contribution in [1.82, 2.24) is 9.97 Å². The number of nitrogens with zero attached hydrogens (tertiary/aromatic N) is 1. The van der Waals surface area contributed by atoms with E-state index in [9.17, 15) is 8.42 Å². The monoisotopic (exact) mass is 336 g/mol. The molecule has 2 heterocycles. The van der Waals surface area contributed by atoms with Gasteiger partial charge in [-0.25, -0.2) is 18.5 Å². The number of aromatic amines is 1. The summed E-state index contributed by atoms with van der Waals surface area (Å²) in [6, 6.07) is 6.19. The second-order valence-corrected chi connectivity index (χ2v) is 7.96. The number of aromatic nitrogens is 2. The average Bonchev–Trinajstić information content (AvgIpc) is 3.03. The van der Waals surface area contributed by atoms with Crippen molar-refractivity contribution in [1.29, 1.82) is 0 Å². The van der Waals surface area contributed by atoms with Crippen molar-refractivity contribution in [2.75, 3.05) is 5.32 Å². The van der Waals surface area contributed by atoms with E-state index in [0.717, 1.165) is 28.1 Å². The van der Waals surface area contributed by atoms with Crippen LogP contribution < -0.4 is 10.5 Å². The molecule has 3 rings (SSSR count). The van der Waals surface area contributed by atoms with Crippen molar-refractivity contribution in [2.24, 2.45) is 5.14 Å². The van der Waals surface area contributed by atoms with Gasteiger partial charge in [0.2, 0.25) is 10.0 Å². The number of hydrogen-bond donors (Lipinski definition) is 3. The molecule has 0 fully saturated rings. The van der Waals surface area contributed by atoms with E-state index in [-0.39, 0.29) is 4.21 Å². The first-order chi connectivity index (χ1) is 10.3. The highest BCUT2D eigenvalue weighted by Gasteiger charge is 2.12. The Bertz CT molecular complexity index is 941. The van der Waals surface area contributed by atoms with Crippen LogP contribution in [0.25, 0.3) is 10.9 Å². The Balaban J connectivity index is 1.79. The van der Waals surface area contributed by atoms with Crippen LogP contribution in [0.15, 0.2) is 28.6 Å². The molecule has 0 aliphatic carbocycles. The molecule has 22 heavy (non-hydrogen) atoms. The van der Waals surface area contributed by atoms with Gasteiger partial charge in [-0.05, 0) is 37.1 Å². The van der Waals surface area contributed by atoms with Gasteiger partial charge >= 0.3 is 0 Å². The van der Waals surface area contributed by atoms with Gasteiger partial charge in [0.1, 0.15) is 0 Å². The second kappa shape index (κ2) is 5.38. The first kappa shape index (κ1) is 15.0. The number of aryl methyl sites for hydroxylation is 2. The maximum atomic E-state index is 11.2. The highest BCUT2D eigenvalue weighted by molar-refractivity contribution is 7.91. The minimum atomic E-state index is -3.68. The van der Waals surface area contributed by atoms with Gasteiger partial charge in [0.05, 0.1) is 6.20 Å². The lowest BCUT2D eigenvalue weighted by molar-refractivity contribution is 0.599. The van der Waals surface area contributed by atoms with Crippen molar-refractivity contribution < 1.29 is 8.42 Å². The third-order valence-corrected chi connectivity index (χ3v) is 5.94. The highest BCUT2D eigenvalue weighted by atomic mass is 32.2. The lowest BCUT2D eigenvalue weighted by atomic mass is 10.1. The Labute approximate surface area is 132 Å². The average molecular weight is 336 g/mol. The Morgan fingerprint density at radius 2 is 2.14 bits per heavy atom. The first-order valence-electron chi connectivity index (χ1n) is 6.65. The minimum absolute atomic E-state index is 0.0579. The summed E-state index contributed by atoms with van der Waals surface area (Å²) in [4.78, 5) is 7.36. The van der Waals surface area contributed by atoms with E-state index in [1.54, 1.807) is 0 Å². The van der Waals surface area contributed by atoms with E-state index >= 15 is 0 Å². The second-order valence-electron chi connectivity index (χ2n) is 5.14. The standard InChI is InChI=1S/C14H16N4O2S2/c1-8-9(2)18-12-4-3-10(5-11(8)12)6-16-14-17-7-13(21-14)22(15,19)20/h3-5,7,18H,6H2,1-2H3,(H,16,17)(H2,15,19,20). The lowest BCUT2D eigenvalue weighted by Crippen LogP contribution is -2.09. The van der Waals surface area contributed by atoms with Crippen molar-refractivity contribution in [2.45, 2.75) is 24.6 Å². The van der Waals surface area contributed by atoms with Crippen LogP contribution in [0.3, 0.4) is 0 Å². The predicted molar refractivity (Wildman–Crippen MR) is 88.6 cm³/mol. The van der Waals surface area contributed by atoms with Gasteiger partial charge in [-0.15, -0.1) is 0 Å². The fourth-order valence-corrected chi connectivity index (χ4v) is 3.72. The van der Waals surface area contributed by atoms with Crippen LogP contribution in [0.2, 0.25) is 0 Å². The zero-order valence-electron chi connectivity index (χ0n) is 12.2. The summed E-state index contributed by atoms with van der Waals surface area (Å²) >= 11 is 1.03. The van der Waals surface area contributed by atoms with Crippen LogP contribution in [-0.2, 0) is 16.6 Å². The number of H-pyrrole nitrogens is 1. The van der Waals surface area contributed by atoms with Crippen LogP contribution in [0.1, 0.15) is 16.8 Å². The number of nitrogens with one attached hydrogen (secondary N) is 2. The Morgan fingerprint density at radius 1 is 1.36 bits per heavy atom. The van der Waals surface area contributed by atoms with Gasteiger partial charge in [0.15, 0.2) is 9.34 Å². The number of anilines is 1. The molecule has 0 atom stereocenters. The molecule has 3 aromatic rings. The van der Waals surface area contributed by atoms with Gasteiger partial charge < -0.3 is 10.3 Å². The quantitative estimate of drug-likeness (QED) is 0.681. The number of primary sulfonamides is 1. The molecule has 0 spiro atoms. The number of thiazole rings is 1. The molecule has 0 aliphatic rings. The topological polar surface area (TPSA) is 101 Å². The summed E-state index contributed by atoms with van der Waals surface area (Å²) in [5.74, 6) is 0. The SMILES string of the molecule is Cc1[nH]c2ccc(CNc3ncc(S(N)(=O)=O)s3)cc2c1C. The third-order valence-electron chi connectivity index (χ3n) is 3.58. The summed E-state index contributed by atoms with van der Waals surface area (Å²) in [5, 5.41) is 9.92. The Kier molecular flexibility index (Phi) is 3.67. The predicted octanol–water partition coefficient (Wildman–Crippen LogP) is 2.50. The molecule has 0 radical (unpaired) electrons. The number of sulfonamides is 1. The lowest BCUT2D eigenvalue weighted by Gasteiger charge is -2.03. The van der Waals surface area contributed by atoms with E-state index in [2.05, 4.69) is 35.2 Å². The van der Waals surface area contributed by atoms with E-state index in [1.807, 2.05) is 12.1 Å². The van der Waals surface area contributed by atoms with Gasteiger partial charge in [-0.3, -0.25) is 0 Å². The molecule has 1 aromatic carbocycles. The molecule has 2 aromatic heterocycles. The summed E-state index contributed by atoms with van der Waals surface area (Å²) in [6.07, 6.45) is 1.27. The fourth-order valence-electron chi connectivity index (χ4n) is 2.27. The summed E-state index contributed by atoms with van der Waals surface area (Å²) in [7, 11) is -3.68. The smallest absolute Gasteiger partial charge is 0.249 e. The van der Waals surface area contributed by atoms with Crippen molar-refractivity contribution in [3.05, 3.63) is 41.2 Å². The molecule has 8 heteroatoms. The van der Waals surface area contributed by atoms with Crippen molar-refractivity contribution in [3.8, 4) is 0 Å². The molecule has 0 saturated carbocycles. The van der Waals surface area contributed by atoms with E-state index in [4.69, 9.17) is 5.14 Å². The van der Waals surface area contributed by atoms with Gasteiger partial charge in [0, 0.05) is 23.1 Å². The molecular weight excluding hydrogens is 320 g/mol. The normalized spacial score (nSPS) is 12.0. The first-order valence-corrected chi connectivity index (χ1v) is 9.01. The van der Waals surface area contributed by atoms with Crippen LogP contribution in [-0.4, -0.2) is 18.4 Å². The molecular formula is C14H16N4O2S2. The molecule has 116 valence electrons. The third kappa shape index (κ3) is 2.85. The zero-order valence-corrected chi connectivity index (χ0v) is 13.8. The molecule has 0 aliphatic heterocycles. The van der Waals surface area contributed by atoms with Gasteiger partial charge in [-0.2, -0.15) is 0 Å². The van der Waals surface area contributed by atoms with Crippen LogP contribution >= 0.6 is 11.3 Å². The van der Waals surface area contributed by atoms with Crippen molar-refractivity contribution >= 4 is 37.4 Å². The molecule has 0 amide bonds. The maximum Gasteiger partial charge on any atom is 0.249 e. The summed E-state index contributed by atoms with van der Waals surface area (Å²) in [6.45, 7) is 4.71. The highest BCUT2D eigenvalue weighted by Crippen LogP contribution is 2.24. The van der Waals surface area contributed by atoms with Crippen molar-refractivity contribution in [3.63, 3.8) is 0 Å². The fraction of sp³-hybridized carbons (Fsp3) is 0.214. The van der Waals surface area contributed by atoms with E-state index in [1.165, 1.54) is 17.1 Å². The summed E-state index contributed by atoms with van der Waals surface area (Å²) < 4.78 is 22.5. The number of hydrogen-bond acceptors (Lipinski definition) is 5. The number of benzene rings is 1. The Morgan fingerprint density at radius 3 is 2.82 bits per heavy atom. The molecule has 0 bridgehead atoms. The van der Waals surface area contributed by atoms with Crippen LogP contribution in [0.4, 0.5) is 5.13 Å². The molecule has 6 nitrogen and oxygen atoms in total. The van der Waals surface area contributed by atoms with Crippen LogP contribution in [0, 0.1) is 13.8 Å². The minimum Gasteiger partial charge on any atom is -0.358 e. The number of fused-ring (bicyclic) bond motifs is 1. The van der Waals surface area contributed by atoms with E-state index in [0.29, 0.717) is 11.7 Å². The number of rotatable bonds is 4. The molecule has 0 saturated heterocycles. The number of nitrogens with two attached hydrogens (primary N) is 1. The summed E-state index contributed by atoms with van der Waals surface area (Å²) in [5.41, 5.74) is 4.62. The Hall–Kier alpha value is -1.90.